The van der Waals surface area contributed by atoms with Crippen LogP contribution >= 0.6 is 0 Å². The number of aromatic nitrogens is 1. The lowest BCUT2D eigenvalue weighted by molar-refractivity contribution is -0.164. The van der Waals surface area contributed by atoms with Crippen molar-refractivity contribution in [2.45, 2.75) is 94.4 Å². The van der Waals surface area contributed by atoms with E-state index in [1.165, 1.54) is 17.9 Å². The highest BCUT2D eigenvalue weighted by atomic mass is 32.2. The van der Waals surface area contributed by atoms with E-state index in [0.717, 1.165) is 11.6 Å². The molecule has 0 radical (unpaired) electrons. The molecule has 6 atom stereocenters. The van der Waals surface area contributed by atoms with Crippen molar-refractivity contribution >= 4 is 50.6 Å². The normalized spacial score (nSPS) is 22.3. The van der Waals surface area contributed by atoms with Gasteiger partial charge in [-0.2, -0.15) is 0 Å². The van der Waals surface area contributed by atoms with E-state index in [2.05, 4.69) is 23.2 Å². The van der Waals surface area contributed by atoms with Crippen LogP contribution in [0.1, 0.15) is 59.8 Å². The Morgan fingerprint density at radius 3 is 2.37 bits per heavy atom. The van der Waals surface area contributed by atoms with Gasteiger partial charge in [0.25, 0.3) is 5.91 Å². The van der Waals surface area contributed by atoms with Crippen LogP contribution in [0.15, 0.2) is 79.9 Å². The van der Waals surface area contributed by atoms with E-state index in [-0.39, 0.29) is 19.4 Å². The van der Waals surface area contributed by atoms with Crippen LogP contribution in [0.25, 0.3) is 22.2 Å². The molecule has 3 aromatic rings. The zero-order chi connectivity index (χ0) is 42.9. The zero-order valence-corrected chi connectivity index (χ0v) is 34.6. The minimum atomic E-state index is -3.96. The van der Waals surface area contributed by atoms with E-state index < -0.39 is 92.6 Å². The Kier molecular flexibility index (Phi) is 12.2. The van der Waals surface area contributed by atoms with Gasteiger partial charge in [0.05, 0.1) is 42.5 Å². The Balaban J connectivity index is 1.36. The first-order chi connectivity index (χ1) is 27.9. The van der Waals surface area contributed by atoms with E-state index in [4.69, 9.17) is 23.9 Å². The molecule has 1 saturated heterocycles. The maximum absolute atomic E-state index is 14.8. The van der Waals surface area contributed by atoms with Crippen LogP contribution in [0.4, 0.5) is 0 Å². The van der Waals surface area contributed by atoms with Crippen LogP contribution in [-0.4, -0.2) is 96.3 Å². The second kappa shape index (κ2) is 16.8. The molecule has 1 unspecified atom stereocenters. The number of amides is 3. The summed E-state index contributed by atoms with van der Waals surface area (Å²) >= 11 is 0. The number of pyridine rings is 1. The number of carbonyl (C=O) groups is 5. The first kappa shape index (κ1) is 42.8. The molecule has 2 N–H and O–H groups in total. The fraction of sp³-hybridized carbons (Fsp3) is 0.442. The van der Waals surface area contributed by atoms with Gasteiger partial charge in [-0.25, -0.2) is 18.2 Å². The summed E-state index contributed by atoms with van der Waals surface area (Å²) in [6, 6.07) is 15.2. The van der Waals surface area contributed by atoms with Crippen molar-refractivity contribution in [3.63, 3.8) is 0 Å². The highest BCUT2D eigenvalue weighted by Crippen LogP contribution is 2.46. The molecule has 2 aliphatic carbocycles. The van der Waals surface area contributed by atoms with Gasteiger partial charge in [-0.15, -0.1) is 6.58 Å². The molecular formula is C43H50N4O11S. The number of rotatable bonds is 16. The number of hydrogen-bond donors (Lipinski definition) is 2. The third-order valence-corrected chi connectivity index (χ3v) is 12.4. The predicted molar refractivity (Wildman–Crippen MR) is 217 cm³/mol. The van der Waals surface area contributed by atoms with Gasteiger partial charge in [-0.05, 0) is 59.1 Å². The summed E-state index contributed by atoms with van der Waals surface area (Å²) < 4.78 is 50.9. The van der Waals surface area contributed by atoms with Gasteiger partial charge in [-0.3, -0.25) is 23.9 Å². The van der Waals surface area contributed by atoms with Gasteiger partial charge in [0.15, 0.2) is 0 Å². The molecule has 3 amide bonds. The molecule has 0 spiro atoms. The van der Waals surface area contributed by atoms with Crippen LogP contribution in [-0.2, 0) is 43.5 Å². The van der Waals surface area contributed by atoms with Crippen molar-refractivity contribution in [3.8, 4) is 22.8 Å². The number of hydrogen-bond acceptors (Lipinski definition) is 12. The second-order valence-electron chi connectivity index (χ2n) is 16.2. The number of likely N-dealkylation sites (tertiary alicyclic amines) is 1. The van der Waals surface area contributed by atoms with Crippen molar-refractivity contribution in [1.82, 2.24) is 19.9 Å². The van der Waals surface area contributed by atoms with E-state index in [1.54, 1.807) is 52.1 Å². The molecule has 2 saturated carbocycles. The average Bonchev–Trinajstić information content (AvgIpc) is 4.12. The number of esters is 2. The predicted octanol–water partition coefficient (Wildman–Crippen LogP) is 4.39. The number of methoxy groups -OCH3 is 1. The summed E-state index contributed by atoms with van der Waals surface area (Å²) in [5.41, 5.74) is -0.569. The number of nitrogens with one attached hydrogen (secondary N) is 2. The minimum absolute atomic E-state index is 0.0744. The molecule has 2 aromatic carbocycles. The number of benzene rings is 2. The standard InChI is InChI=1S/C43H50N4O11S/c1-8-27-23-43(27,41(52)46-59(53,54)30-16-17-30)45-39(50)35-20-29(24-47(35)40(51)32(25(3)56-37(48)9-2)21-38(49)58-42(4,5)6)57-36-22-33(26-13-11-10-12-14-26)44-34-19-28(55-7)15-18-31(34)36/h8-15,18-19,22,25,27,29-30,32,35H,1-2,16-17,20-21,23-24H2,3-7H3,(H,45,50)(H,46,52)/t25-,27-,29-,32?,35+,43-/m1/s1. The van der Waals surface area contributed by atoms with Crippen molar-refractivity contribution in [1.29, 1.82) is 0 Å². The fourth-order valence-electron chi connectivity index (χ4n) is 7.27. The third kappa shape index (κ3) is 9.75. The van der Waals surface area contributed by atoms with Gasteiger partial charge >= 0.3 is 11.9 Å². The van der Waals surface area contributed by atoms with Crippen molar-refractivity contribution in [2.75, 3.05) is 13.7 Å². The zero-order valence-electron chi connectivity index (χ0n) is 33.8. The molecule has 2 heterocycles. The fourth-order valence-corrected chi connectivity index (χ4v) is 8.64. The lowest BCUT2D eigenvalue weighted by atomic mass is 9.96. The first-order valence-electron chi connectivity index (χ1n) is 19.4. The summed E-state index contributed by atoms with van der Waals surface area (Å²) in [5, 5.41) is 2.71. The molecule has 3 fully saturated rings. The third-order valence-electron chi connectivity index (χ3n) is 10.6. The summed E-state index contributed by atoms with van der Waals surface area (Å²) in [5.74, 6) is -4.87. The van der Waals surface area contributed by atoms with Crippen LogP contribution < -0.4 is 19.5 Å². The maximum Gasteiger partial charge on any atom is 0.330 e. The van der Waals surface area contributed by atoms with Gasteiger partial charge in [0, 0.05) is 41.5 Å². The van der Waals surface area contributed by atoms with Gasteiger partial charge in [0.1, 0.15) is 40.9 Å². The molecule has 15 nitrogen and oxygen atoms in total. The number of fused-ring (bicyclic) bond motifs is 1. The van der Waals surface area contributed by atoms with Crippen molar-refractivity contribution in [3.05, 3.63) is 79.9 Å². The Morgan fingerprint density at radius 1 is 1.05 bits per heavy atom. The summed E-state index contributed by atoms with van der Waals surface area (Å²) in [6.07, 6.45) is 0.751. The number of sulfonamides is 1. The van der Waals surface area contributed by atoms with Crippen molar-refractivity contribution < 1.29 is 51.3 Å². The van der Waals surface area contributed by atoms with E-state index in [9.17, 15) is 32.4 Å². The van der Waals surface area contributed by atoms with E-state index >= 15 is 0 Å². The molecule has 314 valence electrons. The minimum Gasteiger partial charge on any atom is -0.497 e. The Bertz CT molecular complexity index is 2270. The summed E-state index contributed by atoms with van der Waals surface area (Å²) in [6.45, 7) is 13.5. The molecule has 1 aliphatic heterocycles. The van der Waals surface area contributed by atoms with E-state index in [0.29, 0.717) is 40.9 Å². The molecule has 16 heteroatoms. The smallest absolute Gasteiger partial charge is 0.330 e. The van der Waals surface area contributed by atoms with Crippen LogP contribution in [0, 0.1) is 11.8 Å². The highest BCUT2D eigenvalue weighted by molar-refractivity contribution is 7.91. The summed E-state index contributed by atoms with van der Waals surface area (Å²) in [4.78, 5) is 74.6. The van der Waals surface area contributed by atoms with Crippen molar-refractivity contribution in [2.24, 2.45) is 11.8 Å². The second-order valence-corrected chi connectivity index (χ2v) is 18.1. The Hall–Kier alpha value is -5.77. The van der Waals surface area contributed by atoms with Crippen LogP contribution in [0.5, 0.6) is 11.5 Å². The molecule has 59 heavy (non-hydrogen) atoms. The average molecular weight is 831 g/mol. The molecule has 0 bridgehead atoms. The Labute approximate surface area is 343 Å². The lowest BCUT2D eigenvalue weighted by Gasteiger charge is -2.31. The molecular weight excluding hydrogens is 781 g/mol. The van der Waals surface area contributed by atoms with Gasteiger partial charge < -0.3 is 29.2 Å². The van der Waals surface area contributed by atoms with Gasteiger partial charge in [-0.1, -0.05) is 43.0 Å². The lowest BCUT2D eigenvalue weighted by Crippen LogP contribution is -2.57. The number of carbonyl (C=O) groups excluding carboxylic acids is 5. The van der Waals surface area contributed by atoms with Crippen LogP contribution in [0.2, 0.25) is 0 Å². The number of nitrogens with zero attached hydrogens (tertiary/aromatic N) is 2. The number of ether oxygens (including phenoxy) is 4. The highest BCUT2D eigenvalue weighted by Gasteiger charge is 2.62. The molecule has 3 aliphatic rings. The SMILES string of the molecule is C=CC(=O)O[C@H](C)C(CC(=O)OC(C)(C)C)C(=O)N1C[C@H](Oc2cc(-c3ccccc3)nc3cc(OC)ccc23)C[C@H]1C(=O)N[C@]1(C(=O)NS(=O)(=O)C2CC2)C[C@H]1C=C. The quantitative estimate of drug-likeness (QED) is 0.118. The molecule has 6 rings (SSSR count). The first-order valence-corrected chi connectivity index (χ1v) is 21.0. The monoisotopic (exact) mass is 830 g/mol. The largest absolute Gasteiger partial charge is 0.497 e. The van der Waals surface area contributed by atoms with Gasteiger partial charge in [0.2, 0.25) is 21.8 Å². The van der Waals surface area contributed by atoms with E-state index in [1.807, 2.05) is 30.3 Å². The summed E-state index contributed by atoms with van der Waals surface area (Å²) in [7, 11) is -2.42. The topological polar surface area (TPSA) is 197 Å². The Morgan fingerprint density at radius 2 is 1.76 bits per heavy atom. The maximum atomic E-state index is 14.8. The van der Waals surface area contributed by atoms with Crippen LogP contribution in [0.3, 0.4) is 0 Å². The molecule has 1 aromatic heterocycles.